The topological polar surface area (TPSA) is 85.6 Å². The molecule has 0 aliphatic heterocycles. The van der Waals surface area contributed by atoms with E-state index in [1.165, 1.54) is 27.8 Å². The fourth-order valence-electron chi connectivity index (χ4n) is 3.54. The monoisotopic (exact) mass is 435 g/mol. The van der Waals surface area contributed by atoms with Crippen LogP contribution in [0.3, 0.4) is 0 Å². The SMILES string of the molecule is CNc1cccc(OC)c1COc1ccc(-c2cc(C)c(C)cc2C)cc1C.NNC=O. The third-order valence-corrected chi connectivity index (χ3v) is 5.39. The van der Waals surface area contributed by atoms with Gasteiger partial charge in [0.05, 0.1) is 12.7 Å². The van der Waals surface area contributed by atoms with E-state index in [9.17, 15) is 0 Å². The number of carbonyl (C=O) groups is 1. The van der Waals surface area contributed by atoms with E-state index in [0.29, 0.717) is 13.0 Å². The number of nitrogens with one attached hydrogen (secondary N) is 2. The second kappa shape index (κ2) is 11.8. The zero-order valence-electron chi connectivity index (χ0n) is 19.7. The molecule has 3 aromatic rings. The van der Waals surface area contributed by atoms with Gasteiger partial charge in [-0.05, 0) is 85.3 Å². The van der Waals surface area contributed by atoms with E-state index in [1.807, 2.05) is 25.2 Å². The van der Waals surface area contributed by atoms with Crippen LogP contribution in [0.1, 0.15) is 27.8 Å². The van der Waals surface area contributed by atoms with Crippen molar-refractivity contribution in [2.75, 3.05) is 19.5 Å². The molecule has 0 radical (unpaired) electrons. The number of hydrogen-bond acceptors (Lipinski definition) is 5. The van der Waals surface area contributed by atoms with E-state index >= 15 is 0 Å². The summed E-state index contributed by atoms with van der Waals surface area (Å²) in [5, 5.41) is 3.21. The molecular formula is C26H33N3O3. The quantitative estimate of drug-likeness (QED) is 0.214. The maximum atomic E-state index is 8.94. The second-order valence-corrected chi connectivity index (χ2v) is 7.54. The summed E-state index contributed by atoms with van der Waals surface area (Å²) in [7, 11) is 3.59. The Morgan fingerprint density at radius 1 is 0.906 bits per heavy atom. The molecule has 6 heteroatoms. The molecule has 3 aromatic carbocycles. The Kier molecular flexibility index (Phi) is 9.10. The Hall–Kier alpha value is -3.51. The van der Waals surface area contributed by atoms with Crippen LogP contribution in [0.25, 0.3) is 11.1 Å². The lowest BCUT2D eigenvalue weighted by Crippen LogP contribution is -2.18. The van der Waals surface area contributed by atoms with Crippen LogP contribution in [0.15, 0.2) is 48.5 Å². The molecule has 0 aliphatic carbocycles. The first-order valence-corrected chi connectivity index (χ1v) is 10.4. The van der Waals surface area contributed by atoms with Gasteiger partial charge >= 0.3 is 0 Å². The van der Waals surface area contributed by atoms with Crippen LogP contribution in [0.5, 0.6) is 11.5 Å². The Bertz CT molecular complexity index is 1040. The first-order chi connectivity index (χ1) is 15.4. The number of ether oxygens (including phenoxy) is 2. The molecule has 0 bridgehead atoms. The lowest BCUT2D eigenvalue weighted by molar-refractivity contribution is -0.109. The number of methoxy groups -OCH3 is 1. The first-order valence-electron chi connectivity index (χ1n) is 10.4. The molecule has 0 saturated carbocycles. The Morgan fingerprint density at radius 2 is 1.59 bits per heavy atom. The average Bonchev–Trinajstić information content (AvgIpc) is 2.80. The number of amides is 1. The van der Waals surface area contributed by atoms with Crippen LogP contribution < -0.4 is 26.1 Å². The summed E-state index contributed by atoms with van der Waals surface area (Å²) in [6.07, 6.45) is 0.403. The van der Waals surface area contributed by atoms with Gasteiger partial charge in [0.2, 0.25) is 6.41 Å². The van der Waals surface area contributed by atoms with Gasteiger partial charge in [0.15, 0.2) is 0 Å². The van der Waals surface area contributed by atoms with Crippen LogP contribution in [-0.2, 0) is 11.4 Å². The minimum absolute atomic E-state index is 0.403. The number of benzene rings is 3. The summed E-state index contributed by atoms with van der Waals surface area (Å²) in [4.78, 5) is 8.94. The Labute approximate surface area is 190 Å². The molecule has 0 atom stereocenters. The first kappa shape index (κ1) is 24.8. The number of anilines is 1. The van der Waals surface area contributed by atoms with E-state index in [1.54, 1.807) is 12.5 Å². The molecule has 1 amide bonds. The van der Waals surface area contributed by atoms with Gasteiger partial charge in [0.1, 0.15) is 18.1 Å². The van der Waals surface area contributed by atoms with Crippen LogP contribution in [-0.4, -0.2) is 20.6 Å². The number of nitrogens with two attached hydrogens (primary N) is 1. The molecule has 0 aliphatic rings. The fraction of sp³-hybridized carbons (Fsp3) is 0.269. The van der Waals surface area contributed by atoms with E-state index in [4.69, 9.17) is 14.3 Å². The highest BCUT2D eigenvalue weighted by atomic mass is 16.5. The lowest BCUT2D eigenvalue weighted by Gasteiger charge is -2.16. The summed E-state index contributed by atoms with van der Waals surface area (Å²) in [6.45, 7) is 9.03. The van der Waals surface area contributed by atoms with Gasteiger partial charge in [0, 0.05) is 12.7 Å². The summed E-state index contributed by atoms with van der Waals surface area (Å²) in [6, 6.07) is 16.9. The molecule has 6 nitrogen and oxygen atoms in total. The zero-order chi connectivity index (χ0) is 23.7. The number of carbonyl (C=O) groups excluding carboxylic acids is 1. The highest BCUT2D eigenvalue weighted by Gasteiger charge is 2.11. The van der Waals surface area contributed by atoms with Crippen molar-refractivity contribution in [3.63, 3.8) is 0 Å². The summed E-state index contributed by atoms with van der Waals surface area (Å²) in [5.74, 6) is 6.12. The minimum Gasteiger partial charge on any atom is -0.496 e. The summed E-state index contributed by atoms with van der Waals surface area (Å²) in [5.41, 5.74) is 11.3. The molecule has 0 unspecified atom stereocenters. The molecule has 0 spiro atoms. The number of rotatable bonds is 7. The Balaban J connectivity index is 0.000000837. The van der Waals surface area contributed by atoms with Gasteiger partial charge in [-0.2, -0.15) is 0 Å². The summed E-state index contributed by atoms with van der Waals surface area (Å²) < 4.78 is 11.6. The normalized spacial score (nSPS) is 9.97. The highest BCUT2D eigenvalue weighted by molar-refractivity contribution is 5.70. The van der Waals surface area contributed by atoms with E-state index in [-0.39, 0.29) is 0 Å². The molecule has 170 valence electrons. The molecular weight excluding hydrogens is 402 g/mol. The maximum absolute atomic E-state index is 8.94. The molecule has 32 heavy (non-hydrogen) atoms. The second-order valence-electron chi connectivity index (χ2n) is 7.54. The standard InChI is InChI=1S/C25H29NO2.CH4N2O/c1-16-12-18(3)21(14-17(16)2)20-10-11-24(19(4)13-20)28-15-22-23(26-5)8-7-9-25(22)27-6;2-3-1-4/h7-14,26H,15H2,1-6H3;1H,2H2,(H,3,4). The van der Waals surface area contributed by atoms with Gasteiger partial charge in [-0.3, -0.25) is 10.2 Å². The smallest absolute Gasteiger partial charge is 0.221 e. The molecule has 0 fully saturated rings. The van der Waals surface area contributed by atoms with Crippen LogP contribution in [0.4, 0.5) is 5.69 Å². The van der Waals surface area contributed by atoms with Crippen molar-refractivity contribution in [2.24, 2.45) is 5.84 Å². The van der Waals surface area contributed by atoms with Gasteiger partial charge in [-0.15, -0.1) is 0 Å². The summed E-state index contributed by atoms with van der Waals surface area (Å²) >= 11 is 0. The van der Waals surface area contributed by atoms with Gasteiger partial charge in [-0.25, -0.2) is 5.84 Å². The van der Waals surface area contributed by atoms with Crippen molar-refractivity contribution in [2.45, 2.75) is 34.3 Å². The van der Waals surface area contributed by atoms with E-state index in [2.05, 4.69) is 69.2 Å². The number of aryl methyl sites for hydroxylation is 4. The third kappa shape index (κ3) is 6.02. The van der Waals surface area contributed by atoms with Gasteiger partial charge < -0.3 is 14.8 Å². The molecule has 0 saturated heterocycles. The zero-order valence-corrected chi connectivity index (χ0v) is 19.7. The molecule has 0 aromatic heterocycles. The molecule has 0 heterocycles. The fourth-order valence-corrected chi connectivity index (χ4v) is 3.54. The van der Waals surface area contributed by atoms with Crippen LogP contribution in [0, 0.1) is 27.7 Å². The number of hydrogen-bond donors (Lipinski definition) is 3. The highest BCUT2D eigenvalue weighted by Crippen LogP contribution is 2.32. The largest absolute Gasteiger partial charge is 0.496 e. The molecule has 3 rings (SSSR count). The van der Waals surface area contributed by atoms with Crippen LogP contribution in [0.2, 0.25) is 0 Å². The van der Waals surface area contributed by atoms with Crippen molar-refractivity contribution < 1.29 is 14.3 Å². The predicted octanol–water partition coefficient (Wildman–Crippen LogP) is 4.82. The van der Waals surface area contributed by atoms with Crippen molar-refractivity contribution >= 4 is 12.1 Å². The molecule has 4 N–H and O–H groups in total. The van der Waals surface area contributed by atoms with E-state index in [0.717, 1.165) is 28.3 Å². The van der Waals surface area contributed by atoms with E-state index < -0.39 is 0 Å². The van der Waals surface area contributed by atoms with Gasteiger partial charge in [-0.1, -0.05) is 24.3 Å². The van der Waals surface area contributed by atoms with Crippen molar-refractivity contribution in [3.8, 4) is 22.6 Å². The lowest BCUT2D eigenvalue weighted by atomic mass is 9.94. The third-order valence-electron chi connectivity index (χ3n) is 5.39. The maximum Gasteiger partial charge on any atom is 0.221 e. The number of hydrazine groups is 1. The van der Waals surface area contributed by atoms with Crippen molar-refractivity contribution in [1.29, 1.82) is 0 Å². The van der Waals surface area contributed by atoms with Gasteiger partial charge in [0.25, 0.3) is 0 Å². The van der Waals surface area contributed by atoms with Crippen LogP contribution >= 0.6 is 0 Å². The minimum atomic E-state index is 0.403. The average molecular weight is 436 g/mol. The van der Waals surface area contributed by atoms with Crippen molar-refractivity contribution in [1.82, 2.24) is 5.43 Å². The predicted molar refractivity (Wildman–Crippen MR) is 131 cm³/mol. The Morgan fingerprint density at radius 3 is 2.19 bits per heavy atom. The van der Waals surface area contributed by atoms with Crippen molar-refractivity contribution in [3.05, 3.63) is 76.3 Å².